The second kappa shape index (κ2) is 9.28. The first-order valence-electron chi connectivity index (χ1n) is 10.3. The standard InChI is InChI=1S/C28H26N2.Pt/c1-27(2,21-13-7-5-8-14-21)25-19-11-17-23(29-25)24-18-12-20-26(30-24)28(3,4)22-15-9-6-10-16-22;/h5-13,15,17-20H,1-4H3;/q-2;+2. The smallest absolute Gasteiger partial charge is 0.250 e. The van der Waals surface area contributed by atoms with Crippen LogP contribution in [0.25, 0.3) is 11.4 Å². The summed E-state index contributed by atoms with van der Waals surface area (Å²) >= 11 is 0. The van der Waals surface area contributed by atoms with Crippen LogP contribution in [0.3, 0.4) is 0 Å². The topological polar surface area (TPSA) is 25.8 Å². The molecule has 0 saturated heterocycles. The molecule has 0 aliphatic carbocycles. The van der Waals surface area contributed by atoms with Crippen LogP contribution < -0.4 is 0 Å². The monoisotopic (exact) mass is 585 g/mol. The molecule has 0 atom stereocenters. The number of aromatic nitrogens is 2. The van der Waals surface area contributed by atoms with Crippen molar-refractivity contribution in [2.75, 3.05) is 0 Å². The molecule has 2 aromatic carbocycles. The summed E-state index contributed by atoms with van der Waals surface area (Å²) in [6, 6.07) is 35.2. The minimum absolute atomic E-state index is 0. The molecule has 2 aromatic heterocycles. The molecule has 31 heavy (non-hydrogen) atoms. The Labute approximate surface area is 200 Å². The van der Waals surface area contributed by atoms with Crippen LogP contribution in [-0.4, -0.2) is 9.97 Å². The first-order valence-corrected chi connectivity index (χ1v) is 10.3. The first-order chi connectivity index (χ1) is 14.4. The van der Waals surface area contributed by atoms with E-state index < -0.39 is 0 Å². The SMILES string of the molecule is CC(C)(c1[c-]cccc1)c1cccc(-c2cccc(C(C)(C)c3[c-]cccc3)n2)n1.[Pt+2]. The molecule has 0 saturated carbocycles. The van der Waals surface area contributed by atoms with E-state index >= 15 is 0 Å². The van der Waals surface area contributed by atoms with E-state index in [1.807, 2.05) is 48.5 Å². The molecule has 158 valence electrons. The summed E-state index contributed by atoms with van der Waals surface area (Å²) in [5.41, 5.74) is 5.53. The van der Waals surface area contributed by atoms with Gasteiger partial charge in [0.2, 0.25) is 0 Å². The van der Waals surface area contributed by atoms with Crippen molar-refractivity contribution >= 4 is 0 Å². The van der Waals surface area contributed by atoms with Crippen molar-refractivity contribution in [1.29, 1.82) is 0 Å². The molecule has 0 unspecified atom stereocenters. The van der Waals surface area contributed by atoms with Gasteiger partial charge in [-0.3, -0.25) is 9.97 Å². The summed E-state index contributed by atoms with van der Waals surface area (Å²) in [7, 11) is 0. The molecule has 0 aliphatic rings. The molecule has 0 bridgehead atoms. The second-order valence-corrected chi connectivity index (χ2v) is 8.62. The molecule has 3 heteroatoms. The number of hydrogen-bond donors (Lipinski definition) is 0. The zero-order chi connectivity index (χ0) is 21.2. The average Bonchev–Trinajstić information content (AvgIpc) is 2.80. The molecule has 4 aromatic rings. The van der Waals surface area contributed by atoms with E-state index in [1.54, 1.807) is 0 Å². The Kier molecular flexibility index (Phi) is 6.92. The Balaban J connectivity index is 0.00000272. The summed E-state index contributed by atoms with van der Waals surface area (Å²) in [4.78, 5) is 9.99. The van der Waals surface area contributed by atoms with Gasteiger partial charge in [-0.05, 0) is 24.3 Å². The maximum Gasteiger partial charge on any atom is 2.00 e. The molecule has 0 fully saturated rings. The summed E-state index contributed by atoms with van der Waals surface area (Å²) in [6.07, 6.45) is 0. The van der Waals surface area contributed by atoms with Gasteiger partial charge in [0.1, 0.15) is 0 Å². The fourth-order valence-corrected chi connectivity index (χ4v) is 3.69. The maximum absolute atomic E-state index is 5.00. The van der Waals surface area contributed by atoms with Gasteiger partial charge in [0.25, 0.3) is 0 Å². The predicted molar refractivity (Wildman–Crippen MR) is 122 cm³/mol. The van der Waals surface area contributed by atoms with E-state index in [-0.39, 0.29) is 31.9 Å². The fraction of sp³-hybridized carbons (Fsp3) is 0.214. The molecule has 0 N–H and O–H groups in total. The van der Waals surface area contributed by atoms with Gasteiger partial charge in [-0.15, -0.1) is 0 Å². The molecular weight excluding hydrogens is 559 g/mol. The van der Waals surface area contributed by atoms with Crippen LogP contribution in [0.4, 0.5) is 0 Å². The number of rotatable bonds is 5. The van der Waals surface area contributed by atoms with Crippen LogP contribution in [0.15, 0.2) is 84.9 Å². The Morgan fingerprint density at radius 2 is 0.968 bits per heavy atom. The van der Waals surface area contributed by atoms with E-state index in [4.69, 9.17) is 9.97 Å². The van der Waals surface area contributed by atoms with Crippen LogP contribution in [-0.2, 0) is 31.9 Å². The van der Waals surface area contributed by atoms with Crippen LogP contribution >= 0.6 is 0 Å². The average molecular weight is 586 g/mol. The summed E-state index contributed by atoms with van der Waals surface area (Å²) in [6.45, 7) is 8.73. The van der Waals surface area contributed by atoms with Crippen LogP contribution in [0.2, 0.25) is 0 Å². The van der Waals surface area contributed by atoms with E-state index in [1.165, 1.54) is 0 Å². The third kappa shape index (κ3) is 4.70. The molecule has 2 heterocycles. The van der Waals surface area contributed by atoms with Crippen molar-refractivity contribution < 1.29 is 21.1 Å². The van der Waals surface area contributed by atoms with Gasteiger partial charge >= 0.3 is 21.1 Å². The van der Waals surface area contributed by atoms with E-state index in [9.17, 15) is 0 Å². The zero-order valence-electron chi connectivity index (χ0n) is 18.3. The molecule has 0 aliphatic heterocycles. The minimum Gasteiger partial charge on any atom is -0.250 e. The summed E-state index contributed by atoms with van der Waals surface area (Å²) in [5.74, 6) is 0. The van der Waals surface area contributed by atoms with Crippen molar-refractivity contribution in [3.8, 4) is 11.4 Å². The van der Waals surface area contributed by atoms with Crippen molar-refractivity contribution in [2.45, 2.75) is 38.5 Å². The first kappa shape index (κ1) is 23.1. The van der Waals surface area contributed by atoms with Crippen molar-refractivity contribution in [1.82, 2.24) is 9.97 Å². The van der Waals surface area contributed by atoms with Crippen molar-refractivity contribution in [3.63, 3.8) is 0 Å². The molecule has 0 radical (unpaired) electrons. The largest absolute Gasteiger partial charge is 2.00 e. The van der Waals surface area contributed by atoms with Gasteiger partial charge in [-0.2, -0.15) is 71.8 Å². The normalized spacial score (nSPS) is 11.6. The van der Waals surface area contributed by atoms with Gasteiger partial charge in [0.05, 0.1) is 11.4 Å². The molecular formula is C28H26N2Pt. The molecule has 2 nitrogen and oxygen atoms in total. The predicted octanol–water partition coefficient (Wildman–Crippen LogP) is 6.39. The Hall–Kier alpha value is -2.57. The summed E-state index contributed by atoms with van der Waals surface area (Å²) < 4.78 is 0. The van der Waals surface area contributed by atoms with Crippen LogP contribution in [0.1, 0.15) is 50.2 Å². The Morgan fingerprint density at radius 3 is 1.32 bits per heavy atom. The molecule has 4 rings (SSSR count). The third-order valence-corrected chi connectivity index (χ3v) is 5.81. The quantitative estimate of drug-likeness (QED) is 0.254. The second-order valence-electron chi connectivity index (χ2n) is 8.62. The van der Waals surface area contributed by atoms with Crippen molar-refractivity contribution in [2.24, 2.45) is 0 Å². The van der Waals surface area contributed by atoms with E-state index in [0.29, 0.717) is 0 Å². The van der Waals surface area contributed by atoms with Crippen LogP contribution in [0.5, 0.6) is 0 Å². The van der Waals surface area contributed by atoms with Gasteiger partial charge in [0.15, 0.2) is 0 Å². The Bertz CT molecular complexity index is 1040. The minimum atomic E-state index is -0.243. The maximum atomic E-state index is 5.00. The van der Waals surface area contributed by atoms with Gasteiger partial charge in [-0.25, -0.2) is 0 Å². The fourth-order valence-electron chi connectivity index (χ4n) is 3.69. The zero-order valence-corrected chi connectivity index (χ0v) is 20.6. The Morgan fingerprint density at radius 1 is 0.548 bits per heavy atom. The molecule has 0 spiro atoms. The van der Waals surface area contributed by atoms with Crippen molar-refractivity contribution in [3.05, 3.63) is 120 Å². The van der Waals surface area contributed by atoms with Crippen LogP contribution in [0, 0.1) is 12.1 Å². The number of benzene rings is 2. The van der Waals surface area contributed by atoms with E-state index in [0.717, 1.165) is 33.9 Å². The molecule has 0 amide bonds. The van der Waals surface area contributed by atoms with E-state index in [2.05, 4.69) is 76.2 Å². The number of hydrogen-bond acceptors (Lipinski definition) is 2. The van der Waals surface area contributed by atoms with Gasteiger partial charge in [-0.1, -0.05) is 39.8 Å². The summed E-state index contributed by atoms with van der Waals surface area (Å²) in [5, 5.41) is 0. The third-order valence-electron chi connectivity index (χ3n) is 5.81. The number of pyridine rings is 2. The van der Waals surface area contributed by atoms with Gasteiger partial charge < -0.3 is 0 Å². The van der Waals surface area contributed by atoms with Gasteiger partial charge in [0, 0.05) is 22.2 Å². The number of nitrogens with zero attached hydrogens (tertiary/aromatic N) is 2.